The molecule has 0 nitrogen and oxygen atoms in total. The van der Waals surface area contributed by atoms with Crippen LogP contribution in [0.3, 0.4) is 0 Å². The summed E-state index contributed by atoms with van der Waals surface area (Å²) in [4.78, 5) is 0. The molecular formula is C54H38. The maximum atomic E-state index is 2.39. The van der Waals surface area contributed by atoms with Crippen molar-refractivity contribution in [3.8, 4) is 22.3 Å². The van der Waals surface area contributed by atoms with Gasteiger partial charge in [0.25, 0.3) is 0 Å². The fraction of sp³-hybridized carbons (Fsp3) is 0.0741. The summed E-state index contributed by atoms with van der Waals surface area (Å²) in [7, 11) is 0. The molecule has 8 aromatic carbocycles. The Bertz CT molecular complexity index is 3020. The van der Waals surface area contributed by atoms with E-state index in [-0.39, 0.29) is 0 Å². The molecule has 0 aromatic heterocycles. The van der Waals surface area contributed by atoms with Crippen LogP contribution in [0, 0.1) is 0 Å². The first kappa shape index (κ1) is 31.1. The van der Waals surface area contributed by atoms with Gasteiger partial charge in [-0.25, -0.2) is 0 Å². The Kier molecular flexibility index (Phi) is 7.23. The standard InChI is InChI=1S/C54H38/c1-2-11-40-34-41(31-30-37(40)10-1)38-26-22-35(23-27-38)20-21-36-24-28-39(29-25-36)52-45-14-5-7-16-47(45)54(48-17-8-6-15-46(48)52)51-33-32-50-43-13-4-3-12-42(43)44-18-9-19-49(51)53(44)50/h1-24,26-28,30-31,34H,25,29,32-33H2. The van der Waals surface area contributed by atoms with Crippen molar-refractivity contribution in [3.05, 3.63) is 214 Å². The van der Waals surface area contributed by atoms with Crippen LogP contribution in [-0.4, -0.2) is 0 Å². The topological polar surface area (TPSA) is 0 Å². The summed E-state index contributed by atoms with van der Waals surface area (Å²) >= 11 is 0. The largest absolute Gasteiger partial charge is 0.0616 e. The van der Waals surface area contributed by atoms with Crippen LogP contribution in [0.5, 0.6) is 0 Å². The summed E-state index contributed by atoms with van der Waals surface area (Å²) in [5, 5.41) is 10.9. The van der Waals surface area contributed by atoms with Crippen LogP contribution >= 0.6 is 0 Å². The normalized spacial score (nSPS) is 14.8. The van der Waals surface area contributed by atoms with Gasteiger partial charge in [0, 0.05) is 0 Å². The monoisotopic (exact) mass is 686 g/mol. The zero-order chi connectivity index (χ0) is 35.6. The molecule has 0 bridgehead atoms. The summed E-state index contributed by atoms with van der Waals surface area (Å²) in [6, 6.07) is 58.5. The maximum Gasteiger partial charge on any atom is -0.00605 e. The highest BCUT2D eigenvalue weighted by Crippen LogP contribution is 2.44. The molecule has 0 heterocycles. The second-order valence-electron chi connectivity index (χ2n) is 15.0. The fourth-order valence-electron chi connectivity index (χ4n) is 9.53. The second kappa shape index (κ2) is 12.6. The minimum atomic E-state index is 1.02. The second-order valence-corrected chi connectivity index (χ2v) is 15.0. The Morgan fingerprint density at radius 2 is 1.02 bits per heavy atom. The molecule has 254 valence electrons. The molecule has 11 rings (SSSR count). The van der Waals surface area contributed by atoms with Crippen molar-refractivity contribution in [1.29, 1.82) is 0 Å². The van der Waals surface area contributed by atoms with Crippen molar-refractivity contribution < 1.29 is 0 Å². The van der Waals surface area contributed by atoms with Gasteiger partial charge in [0.15, 0.2) is 0 Å². The highest BCUT2D eigenvalue weighted by atomic mass is 14.3. The first-order valence-corrected chi connectivity index (χ1v) is 19.3. The van der Waals surface area contributed by atoms with Gasteiger partial charge < -0.3 is 0 Å². The zero-order valence-corrected chi connectivity index (χ0v) is 30.1. The third-order valence-corrected chi connectivity index (χ3v) is 12.1. The predicted molar refractivity (Wildman–Crippen MR) is 231 cm³/mol. The molecular weight excluding hydrogens is 649 g/mol. The van der Waals surface area contributed by atoms with Gasteiger partial charge in [-0.1, -0.05) is 176 Å². The lowest BCUT2D eigenvalue weighted by molar-refractivity contribution is 1.01. The Hall–Kier alpha value is -6.50. The van der Waals surface area contributed by atoms with Gasteiger partial charge in [-0.15, -0.1) is 0 Å². The van der Waals surface area contributed by atoms with Crippen LogP contribution in [0.15, 0.2) is 182 Å². The minimum absolute atomic E-state index is 1.02. The molecule has 0 N–H and O–H groups in total. The summed E-state index contributed by atoms with van der Waals surface area (Å²) < 4.78 is 0. The van der Waals surface area contributed by atoms with Gasteiger partial charge >= 0.3 is 0 Å². The Labute approximate surface area is 316 Å². The molecule has 54 heavy (non-hydrogen) atoms. The number of fused-ring (bicyclic) bond motifs is 6. The van der Waals surface area contributed by atoms with Crippen molar-refractivity contribution in [2.45, 2.75) is 25.7 Å². The van der Waals surface area contributed by atoms with E-state index in [9.17, 15) is 0 Å². The van der Waals surface area contributed by atoms with Crippen LogP contribution in [0.25, 0.3) is 77.4 Å². The summed E-state index contributed by atoms with van der Waals surface area (Å²) in [5.41, 5.74) is 16.5. The number of allylic oxidation sites excluding steroid dienone is 5. The van der Waals surface area contributed by atoms with Crippen LogP contribution in [0.1, 0.15) is 47.9 Å². The van der Waals surface area contributed by atoms with E-state index in [1.54, 1.807) is 0 Å². The lowest BCUT2D eigenvalue weighted by Crippen LogP contribution is -2.32. The van der Waals surface area contributed by atoms with Crippen molar-refractivity contribution in [3.63, 3.8) is 0 Å². The lowest BCUT2D eigenvalue weighted by Gasteiger charge is -2.23. The molecule has 3 aliphatic carbocycles. The van der Waals surface area contributed by atoms with Crippen LogP contribution < -0.4 is 10.4 Å². The quantitative estimate of drug-likeness (QED) is 0.158. The van der Waals surface area contributed by atoms with E-state index in [0.29, 0.717) is 0 Å². The zero-order valence-electron chi connectivity index (χ0n) is 30.1. The molecule has 0 atom stereocenters. The fourth-order valence-corrected chi connectivity index (χ4v) is 9.53. The molecule has 0 spiro atoms. The Morgan fingerprint density at radius 3 is 1.76 bits per heavy atom. The van der Waals surface area contributed by atoms with E-state index in [4.69, 9.17) is 0 Å². The van der Waals surface area contributed by atoms with E-state index in [0.717, 1.165) is 25.7 Å². The third-order valence-electron chi connectivity index (χ3n) is 12.1. The van der Waals surface area contributed by atoms with E-state index in [2.05, 4.69) is 182 Å². The van der Waals surface area contributed by atoms with Crippen LogP contribution in [-0.2, 0) is 0 Å². The summed E-state index contributed by atoms with van der Waals surface area (Å²) in [6.45, 7) is 0. The molecule has 0 saturated carbocycles. The average molecular weight is 687 g/mol. The van der Waals surface area contributed by atoms with E-state index in [1.165, 1.54) is 110 Å². The molecule has 0 aliphatic heterocycles. The van der Waals surface area contributed by atoms with Gasteiger partial charge in [0.1, 0.15) is 0 Å². The van der Waals surface area contributed by atoms with Crippen LogP contribution in [0.2, 0.25) is 0 Å². The van der Waals surface area contributed by atoms with E-state index in [1.807, 2.05) is 0 Å². The Balaban J connectivity index is 0.970. The first-order chi connectivity index (χ1) is 26.8. The van der Waals surface area contributed by atoms with Crippen molar-refractivity contribution >= 4 is 55.1 Å². The smallest absolute Gasteiger partial charge is 0.00605 e. The SMILES string of the molecule is C(=Cc1ccc(-c2ccc3ccccc3c2)cc1)C1=CC=C(c2c3ccccc3c(C3=c4cccc5c4=C(CC3)c3ccccc3-5)c3ccccc23)CC1. The minimum Gasteiger partial charge on any atom is -0.0616 e. The average Bonchev–Trinajstić information content (AvgIpc) is 3.57. The molecule has 0 fully saturated rings. The molecule has 0 amide bonds. The molecule has 0 unspecified atom stereocenters. The highest BCUT2D eigenvalue weighted by Gasteiger charge is 2.26. The molecule has 3 aliphatic rings. The third kappa shape index (κ3) is 4.98. The summed E-state index contributed by atoms with van der Waals surface area (Å²) in [6.07, 6.45) is 13.4. The van der Waals surface area contributed by atoms with Gasteiger partial charge in [-0.05, 0) is 141 Å². The Morgan fingerprint density at radius 1 is 0.389 bits per heavy atom. The van der Waals surface area contributed by atoms with Crippen molar-refractivity contribution in [1.82, 2.24) is 0 Å². The number of benzene rings is 8. The van der Waals surface area contributed by atoms with E-state index < -0.39 is 0 Å². The number of rotatable bonds is 5. The van der Waals surface area contributed by atoms with Gasteiger partial charge in [0.2, 0.25) is 0 Å². The van der Waals surface area contributed by atoms with Crippen molar-refractivity contribution in [2.24, 2.45) is 0 Å². The maximum absolute atomic E-state index is 2.39. The van der Waals surface area contributed by atoms with Gasteiger partial charge in [-0.3, -0.25) is 0 Å². The number of hydrogen-bond donors (Lipinski definition) is 0. The lowest BCUT2D eigenvalue weighted by atomic mass is 9.80. The van der Waals surface area contributed by atoms with Gasteiger partial charge in [0.05, 0.1) is 0 Å². The number of hydrogen-bond acceptors (Lipinski definition) is 0. The van der Waals surface area contributed by atoms with Gasteiger partial charge in [-0.2, -0.15) is 0 Å². The predicted octanol–water partition coefficient (Wildman–Crippen LogP) is 12.8. The van der Waals surface area contributed by atoms with E-state index >= 15 is 0 Å². The molecule has 8 aromatic rings. The molecule has 0 saturated heterocycles. The van der Waals surface area contributed by atoms with Crippen molar-refractivity contribution in [2.75, 3.05) is 0 Å². The molecule has 0 heteroatoms. The highest BCUT2D eigenvalue weighted by molar-refractivity contribution is 6.16. The first-order valence-electron chi connectivity index (χ1n) is 19.3. The molecule has 0 radical (unpaired) electrons. The van der Waals surface area contributed by atoms with Crippen LogP contribution in [0.4, 0.5) is 0 Å². The summed E-state index contributed by atoms with van der Waals surface area (Å²) in [5.74, 6) is 0.